The first kappa shape index (κ1) is 10.4. The van der Waals surface area contributed by atoms with Crippen molar-refractivity contribution in [3.8, 4) is 5.69 Å². The molecule has 1 aromatic carbocycles. The minimum absolute atomic E-state index is 1.04. The Balaban J connectivity index is 0.000000461. The van der Waals surface area contributed by atoms with E-state index in [1.165, 1.54) is 5.56 Å². The lowest BCUT2D eigenvalue weighted by molar-refractivity contribution is 0.803. The van der Waals surface area contributed by atoms with Gasteiger partial charge in [-0.2, -0.15) is 0 Å². The van der Waals surface area contributed by atoms with E-state index in [0.29, 0.717) is 0 Å². The van der Waals surface area contributed by atoms with Gasteiger partial charge < -0.3 is 0 Å². The summed E-state index contributed by atoms with van der Waals surface area (Å²) in [6.45, 7) is 6.06. The third-order valence-electron chi connectivity index (χ3n) is 1.72. The Kier molecular flexibility index (Phi) is 3.85. The number of aromatic nitrogens is 3. The minimum atomic E-state index is 1.04. The van der Waals surface area contributed by atoms with Crippen molar-refractivity contribution in [2.24, 2.45) is 0 Å². The summed E-state index contributed by atoms with van der Waals surface area (Å²) in [5.74, 6) is 0. The lowest BCUT2D eigenvalue weighted by Gasteiger charge is -1.98. The monoisotopic (exact) mass is 189 g/mol. The molecule has 0 spiro atoms. The van der Waals surface area contributed by atoms with E-state index in [0.717, 1.165) is 5.69 Å². The van der Waals surface area contributed by atoms with E-state index < -0.39 is 0 Å². The normalized spacial score (nSPS) is 9.07. The Morgan fingerprint density at radius 3 is 2.21 bits per heavy atom. The fourth-order valence-corrected chi connectivity index (χ4v) is 1.04. The smallest absolute Gasteiger partial charge is 0.0697 e. The highest BCUT2D eigenvalue weighted by molar-refractivity contribution is 5.32. The van der Waals surface area contributed by atoms with Gasteiger partial charge >= 0.3 is 0 Å². The molecule has 14 heavy (non-hydrogen) atoms. The van der Waals surface area contributed by atoms with Crippen LogP contribution in [-0.2, 0) is 0 Å². The van der Waals surface area contributed by atoms with Crippen molar-refractivity contribution in [1.82, 2.24) is 15.0 Å². The molecule has 0 radical (unpaired) electrons. The standard InChI is InChI=1S/C9H9N3.C2H6/c1-8-2-4-9(5-3-8)12-7-6-10-11-12;1-2/h2-7H,1H3;1-2H3. The fourth-order valence-electron chi connectivity index (χ4n) is 1.04. The Hall–Kier alpha value is -1.64. The summed E-state index contributed by atoms with van der Waals surface area (Å²) in [7, 11) is 0. The molecule has 0 aliphatic carbocycles. The molecule has 0 N–H and O–H groups in total. The summed E-state index contributed by atoms with van der Waals surface area (Å²) in [5, 5.41) is 7.62. The van der Waals surface area contributed by atoms with Crippen LogP contribution in [-0.4, -0.2) is 15.0 Å². The highest BCUT2D eigenvalue weighted by Gasteiger charge is 1.93. The second-order valence-corrected chi connectivity index (χ2v) is 2.68. The third kappa shape index (κ3) is 2.42. The molecule has 3 heteroatoms. The topological polar surface area (TPSA) is 30.7 Å². The van der Waals surface area contributed by atoms with Crippen molar-refractivity contribution in [3.63, 3.8) is 0 Å². The van der Waals surface area contributed by atoms with Crippen molar-refractivity contribution < 1.29 is 0 Å². The first-order chi connectivity index (χ1) is 6.86. The summed E-state index contributed by atoms with van der Waals surface area (Å²) in [4.78, 5) is 0. The molecule has 1 aromatic heterocycles. The summed E-state index contributed by atoms with van der Waals surface area (Å²) in [6.07, 6.45) is 3.49. The number of aryl methyl sites for hydroxylation is 1. The molecule has 0 aliphatic heterocycles. The largest absolute Gasteiger partial charge is 0.221 e. The van der Waals surface area contributed by atoms with Crippen LogP contribution >= 0.6 is 0 Å². The number of rotatable bonds is 1. The molecule has 0 unspecified atom stereocenters. The van der Waals surface area contributed by atoms with Gasteiger partial charge in [0.2, 0.25) is 0 Å². The molecule has 0 bridgehead atoms. The van der Waals surface area contributed by atoms with Crippen molar-refractivity contribution in [3.05, 3.63) is 42.2 Å². The molecule has 74 valence electrons. The van der Waals surface area contributed by atoms with Crippen LogP contribution in [0.4, 0.5) is 0 Å². The fraction of sp³-hybridized carbons (Fsp3) is 0.273. The molecule has 0 fully saturated rings. The molecule has 3 nitrogen and oxygen atoms in total. The minimum Gasteiger partial charge on any atom is -0.221 e. The molecular weight excluding hydrogens is 174 g/mol. The number of hydrogen-bond donors (Lipinski definition) is 0. The Labute approximate surface area is 84.4 Å². The zero-order valence-corrected chi connectivity index (χ0v) is 8.81. The van der Waals surface area contributed by atoms with Crippen LogP contribution in [0.2, 0.25) is 0 Å². The second kappa shape index (κ2) is 5.17. The van der Waals surface area contributed by atoms with Crippen LogP contribution in [0.1, 0.15) is 19.4 Å². The maximum Gasteiger partial charge on any atom is 0.0697 e. The van der Waals surface area contributed by atoms with E-state index in [1.807, 2.05) is 32.2 Å². The third-order valence-corrected chi connectivity index (χ3v) is 1.72. The van der Waals surface area contributed by atoms with Crippen LogP contribution in [0.25, 0.3) is 5.69 Å². The molecular formula is C11H15N3. The Morgan fingerprint density at radius 2 is 1.71 bits per heavy atom. The molecule has 0 aliphatic rings. The first-order valence-corrected chi connectivity index (χ1v) is 4.79. The molecule has 0 amide bonds. The molecule has 0 saturated heterocycles. The van der Waals surface area contributed by atoms with Gasteiger partial charge in [0, 0.05) is 0 Å². The maximum absolute atomic E-state index is 3.88. The number of benzene rings is 1. The van der Waals surface area contributed by atoms with Gasteiger partial charge in [-0.1, -0.05) is 36.8 Å². The van der Waals surface area contributed by atoms with Gasteiger partial charge in [0.15, 0.2) is 0 Å². The van der Waals surface area contributed by atoms with Crippen molar-refractivity contribution in [2.45, 2.75) is 20.8 Å². The summed E-state index contributed by atoms with van der Waals surface area (Å²) < 4.78 is 1.74. The summed E-state index contributed by atoms with van der Waals surface area (Å²) >= 11 is 0. The average Bonchev–Trinajstić information content (AvgIpc) is 2.75. The lowest BCUT2D eigenvalue weighted by Crippen LogP contribution is -1.94. The van der Waals surface area contributed by atoms with Crippen molar-refractivity contribution >= 4 is 0 Å². The van der Waals surface area contributed by atoms with E-state index >= 15 is 0 Å². The van der Waals surface area contributed by atoms with Crippen LogP contribution in [0.3, 0.4) is 0 Å². The second-order valence-electron chi connectivity index (χ2n) is 2.68. The SMILES string of the molecule is CC.Cc1ccc(-n2ccnn2)cc1. The molecule has 2 rings (SSSR count). The van der Waals surface area contributed by atoms with Crippen molar-refractivity contribution in [2.75, 3.05) is 0 Å². The van der Waals surface area contributed by atoms with Gasteiger partial charge in [0.1, 0.15) is 0 Å². The van der Waals surface area contributed by atoms with Crippen LogP contribution in [0, 0.1) is 6.92 Å². The van der Waals surface area contributed by atoms with E-state index in [9.17, 15) is 0 Å². The van der Waals surface area contributed by atoms with Gasteiger partial charge in [-0.3, -0.25) is 0 Å². The van der Waals surface area contributed by atoms with Gasteiger partial charge in [-0.15, -0.1) is 5.10 Å². The summed E-state index contributed by atoms with van der Waals surface area (Å²) in [6, 6.07) is 8.14. The van der Waals surface area contributed by atoms with E-state index in [-0.39, 0.29) is 0 Å². The predicted molar refractivity (Wildman–Crippen MR) is 57.4 cm³/mol. The average molecular weight is 189 g/mol. The lowest BCUT2D eigenvalue weighted by atomic mass is 10.2. The predicted octanol–water partition coefficient (Wildman–Crippen LogP) is 2.60. The van der Waals surface area contributed by atoms with Crippen molar-refractivity contribution in [1.29, 1.82) is 0 Å². The number of hydrogen-bond acceptors (Lipinski definition) is 2. The van der Waals surface area contributed by atoms with Gasteiger partial charge in [0.05, 0.1) is 18.1 Å². The van der Waals surface area contributed by atoms with Crippen LogP contribution < -0.4 is 0 Å². The van der Waals surface area contributed by atoms with Crippen LogP contribution in [0.15, 0.2) is 36.7 Å². The molecule has 0 atom stereocenters. The van der Waals surface area contributed by atoms with E-state index in [2.05, 4.69) is 29.4 Å². The van der Waals surface area contributed by atoms with Gasteiger partial charge in [-0.25, -0.2) is 4.68 Å². The van der Waals surface area contributed by atoms with Gasteiger partial charge in [0.25, 0.3) is 0 Å². The Bertz CT molecular complexity index is 349. The van der Waals surface area contributed by atoms with E-state index in [4.69, 9.17) is 0 Å². The van der Waals surface area contributed by atoms with E-state index in [1.54, 1.807) is 10.9 Å². The van der Waals surface area contributed by atoms with Gasteiger partial charge in [-0.05, 0) is 19.1 Å². The molecule has 0 saturated carbocycles. The first-order valence-electron chi connectivity index (χ1n) is 4.79. The molecule has 2 aromatic rings. The number of nitrogens with zero attached hydrogens (tertiary/aromatic N) is 3. The zero-order valence-electron chi connectivity index (χ0n) is 8.81. The Morgan fingerprint density at radius 1 is 1.07 bits per heavy atom. The summed E-state index contributed by atoms with van der Waals surface area (Å²) in [5.41, 5.74) is 2.29. The quantitative estimate of drug-likeness (QED) is 0.690. The molecule has 1 heterocycles. The van der Waals surface area contributed by atoms with Crippen LogP contribution in [0.5, 0.6) is 0 Å². The highest BCUT2D eigenvalue weighted by Crippen LogP contribution is 2.06. The maximum atomic E-state index is 3.88. The zero-order chi connectivity index (χ0) is 10.4. The highest BCUT2D eigenvalue weighted by atomic mass is 15.4.